The molecule has 1 aliphatic carbocycles. The Morgan fingerprint density at radius 2 is 1.85 bits per heavy atom. The van der Waals surface area contributed by atoms with Crippen LogP contribution < -0.4 is 0 Å². The van der Waals surface area contributed by atoms with Crippen molar-refractivity contribution in [2.45, 2.75) is 97.7 Å². The molecule has 0 aromatic heterocycles. The highest BCUT2D eigenvalue weighted by Gasteiger charge is 2.40. The fourth-order valence-corrected chi connectivity index (χ4v) is 4.26. The Kier molecular flexibility index (Phi) is 14.7. The van der Waals surface area contributed by atoms with Gasteiger partial charge in [0.1, 0.15) is 5.78 Å². The number of carbonyl (C=O) groups excluding carboxylic acids is 3. The van der Waals surface area contributed by atoms with E-state index in [1.165, 1.54) is 39.7 Å². The zero-order valence-electron chi connectivity index (χ0n) is 21.2. The molecule has 188 valence electrons. The first kappa shape index (κ1) is 29.1. The number of methoxy groups -OCH3 is 1. The molecule has 1 saturated carbocycles. The van der Waals surface area contributed by atoms with Crippen molar-refractivity contribution in [3.8, 4) is 0 Å². The molecule has 1 rings (SSSR count). The molecule has 0 aliphatic heterocycles. The first-order chi connectivity index (χ1) is 15.8. The maximum Gasteiger partial charge on any atom is 0.347 e. The number of Topliss-reactive ketones (excluding diaryl/α,β-unsaturated/α-hetero) is 1. The molecule has 0 spiro atoms. The van der Waals surface area contributed by atoms with Crippen molar-refractivity contribution in [3.05, 3.63) is 24.3 Å². The molecule has 4 atom stereocenters. The van der Waals surface area contributed by atoms with E-state index in [1.807, 2.05) is 26.0 Å². The highest BCUT2D eigenvalue weighted by molar-refractivity contribution is 5.84. The number of unbranched alkanes of at least 4 members (excludes halogenated alkanes) is 4. The Hall–Kier alpha value is -1.95. The zero-order valence-corrected chi connectivity index (χ0v) is 21.2. The Labute approximate surface area is 200 Å². The number of hydrogen-bond acceptors (Lipinski definition) is 6. The van der Waals surface area contributed by atoms with Crippen LogP contribution >= 0.6 is 0 Å². The van der Waals surface area contributed by atoms with Crippen LogP contribution in [0.3, 0.4) is 0 Å². The van der Waals surface area contributed by atoms with Gasteiger partial charge in [-0.3, -0.25) is 9.59 Å². The van der Waals surface area contributed by atoms with Crippen LogP contribution in [0.15, 0.2) is 24.3 Å². The van der Waals surface area contributed by atoms with Crippen molar-refractivity contribution in [3.63, 3.8) is 0 Å². The monoisotopic (exact) mass is 464 g/mol. The summed E-state index contributed by atoms with van der Waals surface area (Å²) in [4.78, 5) is 35.7. The van der Waals surface area contributed by atoms with Gasteiger partial charge >= 0.3 is 11.9 Å². The number of carbonyl (C=O) groups is 3. The maximum absolute atomic E-state index is 12.8. The molecular weight excluding hydrogens is 420 g/mol. The summed E-state index contributed by atoms with van der Waals surface area (Å²) < 4.78 is 15.6. The SMILES string of the molecule is CCCCCC/C=C/[C@H]1[C@H](COC(C)C)CC(=O)[C@@H]1C/C=C\CCC(OC(C)=O)C(=O)OC. The van der Waals surface area contributed by atoms with Gasteiger partial charge < -0.3 is 14.2 Å². The molecule has 0 saturated heterocycles. The van der Waals surface area contributed by atoms with Gasteiger partial charge in [-0.1, -0.05) is 50.5 Å². The van der Waals surface area contributed by atoms with E-state index in [-0.39, 0.29) is 23.9 Å². The van der Waals surface area contributed by atoms with Gasteiger partial charge in [0, 0.05) is 19.3 Å². The van der Waals surface area contributed by atoms with Crippen molar-refractivity contribution >= 4 is 17.7 Å². The molecule has 1 aliphatic rings. The van der Waals surface area contributed by atoms with Crippen LogP contribution in [-0.4, -0.2) is 43.6 Å². The summed E-state index contributed by atoms with van der Waals surface area (Å²) in [5.41, 5.74) is 0. The molecular formula is C27H44O6. The fourth-order valence-electron chi connectivity index (χ4n) is 4.26. The second-order valence-electron chi connectivity index (χ2n) is 9.18. The predicted octanol–water partition coefficient (Wildman–Crippen LogP) is 5.59. The summed E-state index contributed by atoms with van der Waals surface area (Å²) in [6, 6.07) is 0. The number of esters is 2. The third kappa shape index (κ3) is 11.6. The van der Waals surface area contributed by atoms with E-state index in [9.17, 15) is 14.4 Å². The summed E-state index contributed by atoms with van der Waals surface area (Å²) >= 11 is 0. The topological polar surface area (TPSA) is 78.9 Å². The quantitative estimate of drug-likeness (QED) is 0.168. The van der Waals surface area contributed by atoms with Crippen LogP contribution in [0.25, 0.3) is 0 Å². The van der Waals surface area contributed by atoms with Crippen molar-refractivity contribution in [1.29, 1.82) is 0 Å². The number of ketones is 1. The predicted molar refractivity (Wildman–Crippen MR) is 130 cm³/mol. The van der Waals surface area contributed by atoms with E-state index >= 15 is 0 Å². The highest BCUT2D eigenvalue weighted by Crippen LogP contribution is 2.38. The largest absolute Gasteiger partial charge is 0.466 e. The maximum atomic E-state index is 12.8. The number of hydrogen-bond donors (Lipinski definition) is 0. The molecule has 1 fully saturated rings. The Balaban J connectivity index is 2.68. The molecule has 0 amide bonds. The lowest BCUT2D eigenvalue weighted by Gasteiger charge is -2.21. The summed E-state index contributed by atoms with van der Waals surface area (Å²) in [7, 11) is 1.28. The van der Waals surface area contributed by atoms with Gasteiger partial charge in [-0.25, -0.2) is 4.79 Å². The van der Waals surface area contributed by atoms with E-state index < -0.39 is 18.0 Å². The summed E-state index contributed by atoms with van der Waals surface area (Å²) in [6.07, 6.45) is 15.8. The molecule has 0 bridgehead atoms. The molecule has 1 unspecified atom stereocenters. The van der Waals surface area contributed by atoms with Gasteiger partial charge in [-0.05, 0) is 57.8 Å². The minimum absolute atomic E-state index is 0.0428. The summed E-state index contributed by atoms with van der Waals surface area (Å²) in [6.45, 7) is 8.13. The third-order valence-electron chi connectivity index (χ3n) is 6.04. The highest BCUT2D eigenvalue weighted by atomic mass is 16.6. The van der Waals surface area contributed by atoms with Gasteiger partial charge in [0.2, 0.25) is 0 Å². The van der Waals surface area contributed by atoms with Gasteiger partial charge in [-0.15, -0.1) is 0 Å². The fraction of sp³-hybridized carbons (Fsp3) is 0.741. The molecule has 6 nitrogen and oxygen atoms in total. The Bertz CT molecular complexity index is 651. The van der Waals surface area contributed by atoms with Crippen LogP contribution in [0.5, 0.6) is 0 Å². The molecule has 0 N–H and O–H groups in total. The number of ether oxygens (including phenoxy) is 3. The normalized spacial score (nSPS) is 21.9. The van der Waals surface area contributed by atoms with Crippen LogP contribution in [0.1, 0.15) is 85.5 Å². The molecule has 0 aromatic rings. The van der Waals surface area contributed by atoms with Crippen molar-refractivity contribution in [2.75, 3.05) is 13.7 Å². The van der Waals surface area contributed by atoms with Crippen LogP contribution in [0.4, 0.5) is 0 Å². The van der Waals surface area contributed by atoms with Crippen LogP contribution in [0.2, 0.25) is 0 Å². The molecule has 6 heteroatoms. The number of allylic oxidation sites excluding steroid dienone is 4. The standard InChI is InChI=1S/C27H44O6/c1-6-7-8-9-10-12-15-23-22(19-32-20(2)3)18-25(29)24(23)16-13-11-14-17-26(27(30)31-5)33-21(4)28/h11-13,15,20,22-24,26H,6-10,14,16-19H2,1-5H3/b13-11-,15-12+/t22-,23-,24+,26?/m0/s1. The second-order valence-corrected chi connectivity index (χ2v) is 9.18. The molecule has 0 aromatic carbocycles. The minimum Gasteiger partial charge on any atom is -0.466 e. The lowest BCUT2D eigenvalue weighted by atomic mass is 9.86. The Morgan fingerprint density at radius 3 is 2.48 bits per heavy atom. The average molecular weight is 465 g/mol. The van der Waals surface area contributed by atoms with Gasteiger partial charge in [-0.2, -0.15) is 0 Å². The van der Waals surface area contributed by atoms with Crippen LogP contribution in [-0.2, 0) is 28.6 Å². The third-order valence-corrected chi connectivity index (χ3v) is 6.04. The first-order valence-corrected chi connectivity index (χ1v) is 12.5. The van der Waals surface area contributed by atoms with E-state index in [4.69, 9.17) is 14.2 Å². The molecule has 0 radical (unpaired) electrons. The smallest absolute Gasteiger partial charge is 0.347 e. The van der Waals surface area contributed by atoms with Gasteiger partial charge in [0.05, 0.1) is 19.8 Å². The van der Waals surface area contributed by atoms with Crippen LogP contribution in [0, 0.1) is 17.8 Å². The average Bonchev–Trinajstić information content (AvgIpc) is 3.07. The van der Waals surface area contributed by atoms with Crippen molar-refractivity contribution in [1.82, 2.24) is 0 Å². The van der Waals surface area contributed by atoms with Crippen molar-refractivity contribution < 1.29 is 28.6 Å². The van der Waals surface area contributed by atoms with E-state index in [1.54, 1.807) is 0 Å². The van der Waals surface area contributed by atoms with Gasteiger partial charge in [0.15, 0.2) is 6.10 Å². The summed E-state index contributed by atoms with van der Waals surface area (Å²) in [5.74, 6) is -0.399. The Morgan fingerprint density at radius 1 is 1.09 bits per heavy atom. The zero-order chi connectivity index (χ0) is 24.6. The molecule has 33 heavy (non-hydrogen) atoms. The lowest BCUT2D eigenvalue weighted by molar-refractivity contribution is -0.165. The van der Waals surface area contributed by atoms with E-state index in [0.29, 0.717) is 38.1 Å². The second kappa shape index (κ2) is 16.6. The first-order valence-electron chi connectivity index (χ1n) is 12.5. The lowest BCUT2D eigenvalue weighted by Crippen LogP contribution is -2.27. The number of rotatable bonds is 16. The van der Waals surface area contributed by atoms with E-state index in [2.05, 4.69) is 19.1 Å². The van der Waals surface area contributed by atoms with E-state index in [0.717, 1.165) is 6.42 Å². The van der Waals surface area contributed by atoms with Crippen molar-refractivity contribution in [2.24, 2.45) is 17.8 Å². The minimum atomic E-state index is -0.897. The van der Waals surface area contributed by atoms with Gasteiger partial charge in [0.25, 0.3) is 0 Å². The molecule has 0 heterocycles. The summed E-state index contributed by atoms with van der Waals surface area (Å²) in [5, 5.41) is 0.